The molecule has 26 heavy (non-hydrogen) atoms. The first-order valence-corrected chi connectivity index (χ1v) is 10.7. The van der Waals surface area contributed by atoms with Crippen molar-refractivity contribution >= 4 is 56.1 Å². The molecule has 0 bridgehead atoms. The van der Waals surface area contributed by atoms with Gasteiger partial charge in [-0.05, 0) is 30.3 Å². The van der Waals surface area contributed by atoms with E-state index in [9.17, 15) is 13.2 Å². The van der Waals surface area contributed by atoms with E-state index < -0.39 is 10.0 Å². The summed E-state index contributed by atoms with van der Waals surface area (Å²) in [6.45, 7) is 0.923. The normalized spacial score (nSPS) is 15.8. The Kier molecular flexibility index (Phi) is 5.83. The Bertz CT molecular complexity index is 948. The molecule has 1 fully saturated rings. The zero-order valence-corrected chi connectivity index (χ0v) is 17.4. The minimum absolute atomic E-state index is 0.0576. The van der Waals surface area contributed by atoms with Gasteiger partial charge in [-0.25, -0.2) is 8.42 Å². The highest BCUT2D eigenvalue weighted by molar-refractivity contribution is 9.10. The van der Waals surface area contributed by atoms with Gasteiger partial charge in [0, 0.05) is 42.4 Å². The summed E-state index contributed by atoms with van der Waals surface area (Å²) in [5.74, 6) is -0.234. The van der Waals surface area contributed by atoms with Crippen LogP contribution in [0.4, 0.5) is 0 Å². The van der Waals surface area contributed by atoms with Crippen LogP contribution in [0.15, 0.2) is 50.9 Å². The van der Waals surface area contributed by atoms with Crippen LogP contribution in [0.2, 0.25) is 5.02 Å². The first-order valence-electron chi connectivity index (χ1n) is 7.67. The van der Waals surface area contributed by atoms with E-state index in [2.05, 4.69) is 20.9 Å². The molecule has 0 saturated carbocycles. The molecule has 1 amide bonds. The maximum absolute atomic E-state index is 12.8. The molecule has 0 atom stereocenters. The fraction of sp³-hybridized carbons (Fsp3) is 0.250. The molecular formula is C16H14BrClN3O3S2-. The van der Waals surface area contributed by atoms with Crippen LogP contribution >= 0.6 is 27.5 Å². The van der Waals surface area contributed by atoms with Gasteiger partial charge in [-0.15, -0.1) is 0 Å². The molecule has 138 valence electrons. The fourth-order valence-corrected chi connectivity index (χ4v) is 5.33. The molecule has 0 spiro atoms. The molecule has 0 N–H and O–H groups in total. The van der Waals surface area contributed by atoms with Crippen molar-refractivity contribution in [3.8, 4) is 0 Å². The van der Waals surface area contributed by atoms with E-state index in [0.717, 1.165) is 0 Å². The van der Waals surface area contributed by atoms with Crippen molar-refractivity contribution in [2.75, 3.05) is 26.2 Å². The summed E-state index contributed by atoms with van der Waals surface area (Å²) in [7, 11) is -3.72. The van der Waals surface area contributed by atoms with Crippen molar-refractivity contribution in [1.82, 2.24) is 14.2 Å². The van der Waals surface area contributed by atoms with Gasteiger partial charge < -0.3 is 17.5 Å². The number of pyridine rings is 1. The van der Waals surface area contributed by atoms with Gasteiger partial charge in [0.2, 0.25) is 10.0 Å². The lowest BCUT2D eigenvalue weighted by molar-refractivity contribution is 0.0693. The van der Waals surface area contributed by atoms with Gasteiger partial charge in [0.1, 0.15) is 4.90 Å². The summed E-state index contributed by atoms with van der Waals surface area (Å²) in [5.41, 5.74) is 0.356. The van der Waals surface area contributed by atoms with Gasteiger partial charge in [-0.1, -0.05) is 32.6 Å². The van der Waals surface area contributed by atoms with E-state index in [4.69, 9.17) is 24.2 Å². The SMILES string of the molecule is O=C(c1cccnc1[S-])N1CCN(S(=O)(=O)c2ccc(Br)cc2Cl)CC1. The van der Waals surface area contributed by atoms with Crippen molar-refractivity contribution in [1.29, 1.82) is 0 Å². The molecule has 6 nitrogen and oxygen atoms in total. The Labute approximate surface area is 170 Å². The number of nitrogens with zero attached hydrogens (tertiary/aromatic N) is 3. The number of amides is 1. The minimum atomic E-state index is -3.72. The first-order chi connectivity index (χ1) is 12.3. The lowest BCUT2D eigenvalue weighted by Crippen LogP contribution is -2.50. The number of carbonyl (C=O) groups excluding carboxylic acids is 1. The van der Waals surface area contributed by atoms with Crippen molar-refractivity contribution in [3.63, 3.8) is 0 Å². The molecule has 0 unspecified atom stereocenters. The number of rotatable bonds is 3. The Morgan fingerprint density at radius 3 is 2.50 bits per heavy atom. The van der Waals surface area contributed by atoms with Gasteiger partial charge in [0.25, 0.3) is 5.91 Å². The van der Waals surface area contributed by atoms with Crippen LogP contribution in [0.3, 0.4) is 0 Å². The van der Waals surface area contributed by atoms with Crippen molar-refractivity contribution in [3.05, 3.63) is 51.6 Å². The van der Waals surface area contributed by atoms with E-state index in [0.29, 0.717) is 10.0 Å². The molecule has 0 radical (unpaired) electrons. The minimum Gasteiger partial charge on any atom is -0.759 e. The standard InChI is InChI=1S/C16H15BrClN3O3S2/c17-11-3-4-14(13(18)10-11)26(23,24)21-8-6-20(7-9-21)16(22)12-2-1-5-19-15(12)25/h1-5,10H,6-9H2,(H,19,25)/p-1. The molecular weight excluding hydrogens is 462 g/mol. The number of hydrogen-bond donors (Lipinski definition) is 0. The maximum Gasteiger partial charge on any atom is 0.253 e. The quantitative estimate of drug-likeness (QED) is 0.638. The number of aromatic nitrogens is 1. The molecule has 3 rings (SSSR count). The number of benzene rings is 1. The van der Waals surface area contributed by atoms with Gasteiger partial charge in [0.05, 0.1) is 5.02 Å². The summed E-state index contributed by atoms with van der Waals surface area (Å²) >= 11 is 14.4. The number of hydrogen-bond acceptors (Lipinski definition) is 5. The zero-order chi connectivity index (χ0) is 18.9. The zero-order valence-electron chi connectivity index (χ0n) is 13.4. The highest BCUT2D eigenvalue weighted by Crippen LogP contribution is 2.28. The van der Waals surface area contributed by atoms with Gasteiger partial charge in [-0.3, -0.25) is 9.78 Å². The Morgan fingerprint density at radius 2 is 1.88 bits per heavy atom. The molecule has 2 heterocycles. The number of piperazine rings is 1. The Balaban J connectivity index is 1.74. The highest BCUT2D eigenvalue weighted by Gasteiger charge is 2.31. The van der Waals surface area contributed by atoms with Gasteiger partial charge in [-0.2, -0.15) is 4.31 Å². The second-order valence-corrected chi connectivity index (χ2v) is 9.24. The van der Waals surface area contributed by atoms with Crippen molar-refractivity contribution < 1.29 is 13.2 Å². The Morgan fingerprint density at radius 1 is 1.19 bits per heavy atom. The van der Waals surface area contributed by atoms with Crippen LogP contribution < -0.4 is 0 Å². The third-order valence-corrected chi connectivity index (χ3v) is 7.24. The molecule has 1 aromatic heterocycles. The van der Waals surface area contributed by atoms with Crippen LogP contribution in [-0.2, 0) is 22.7 Å². The van der Waals surface area contributed by atoms with Crippen molar-refractivity contribution in [2.24, 2.45) is 0 Å². The van der Waals surface area contributed by atoms with Crippen LogP contribution in [-0.4, -0.2) is 54.7 Å². The number of sulfonamides is 1. The third-order valence-electron chi connectivity index (χ3n) is 4.04. The summed E-state index contributed by atoms with van der Waals surface area (Å²) in [4.78, 5) is 18.2. The summed E-state index contributed by atoms with van der Waals surface area (Å²) in [5, 5.41) is 0.401. The van der Waals surface area contributed by atoms with Crippen LogP contribution in [0.25, 0.3) is 0 Å². The molecule has 1 aromatic carbocycles. The van der Waals surface area contributed by atoms with Crippen molar-refractivity contribution in [2.45, 2.75) is 9.92 Å². The van der Waals surface area contributed by atoms with Gasteiger partial charge >= 0.3 is 0 Å². The van der Waals surface area contributed by atoms with Crippen LogP contribution in [0.1, 0.15) is 10.4 Å². The number of halogens is 2. The highest BCUT2D eigenvalue weighted by atomic mass is 79.9. The summed E-state index contributed by atoms with van der Waals surface area (Å²) < 4.78 is 27.7. The largest absolute Gasteiger partial charge is 0.759 e. The summed E-state index contributed by atoms with van der Waals surface area (Å²) in [6, 6.07) is 7.92. The number of carbonyl (C=O) groups is 1. The molecule has 1 aliphatic heterocycles. The monoisotopic (exact) mass is 474 g/mol. The topological polar surface area (TPSA) is 70.6 Å². The molecule has 2 aromatic rings. The molecule has 0 aliphatic carbocycles. The van der Waals surface area contributed by atoms with E-state index in [1.165, 1.54) is 16.6 Å². The maximum atomic E-state index is 12.8. The summed E-state index contributed by atoms with van der Waals surface area (Å²) in [6.07, 6.45) is 1.53. The third kappa shape index (κ3) is 3.86. The second kappa shape index (κ2) is 7.77. The fourth-order valence-electron chi connectivity index (χ4n) is 2.68. The average Bonchev–Trinajstić information content (AvgIpc) is 2.61. The first kappa shape index (κ1) is 19.5. The molecule has 1 aliphatic rings. The predicted molar refractivity (Wildman–Crippen MR) is 104 cm³/mol. The van der Waals surface area contributed by atoms with Gasteiger partial charge in [0.15, 0.2) is 0 Å². The van der Waals surface area contributed by atoms with Crippen LogP contribution in [0, 0.1) is 0 Å². The predicted octanol–water partition coefficient (Wildman–Crippen LogP) is 2.55. The lowest BCUT2D eigenvalue weighted by atomic mass is 10.2. The van der Waals surface area contributed by atoms with E-state index in [-0.39, 0.29) is 47.0 Å². The van der Waals surface area contributed by atoms with E-state index >= 15 is 0 Å². The average molecular weight is 476 g/mol. The molecule has 1 saturated heterocycles. The molecule has 10 heteroatoms. The van der Waals surface area contributed by atoms with E-state index in [1.807, 2.05) is 0 Å². The Hall–Kier alpha value is -1.26. The smallest absolute Gasteiger partial charge is 0.253 e. The second-order valence-electron chi connectivity index (χ2n) is 5.63. The van der Waals surface area contributed by atoms with Crippen LogP contribution in [0.5, 0.6) is 0 Å². The van der Waals surface area contributed by atoms with E-state index in [1.54, 1.807) is 29.2 Å². The lowest BCUT2D eigenvalue weighted by Gasteiger charge is -2.34.